The minimum absolute atomic E-state index is 0.222. The van der Waals surface area contributed by atoms with Gasteiger partial charge >= 0.3 is 11.9 Å². The van der Waals surface area contributed by atoms with Crippen molar-refractivity contribution in [3.05, 3.63) is 59.2 Å². The van der Waals surface area contributed by atoms with Crippen molar-refractivity contribution < 1.29 is 29.6 Å². The minimum atomic E-state index is -1.30. The number of rotatable bonds is 5. The average molecular weight is 332 g/mol. The van der Waals surface area contributed by atoms with E-state index in [-0.39, 0.29) is 5.56 Å². The largest absolute Gasteiger partial charge is 0.507 e. The first kappa shape index (κ1) is 17.6. The summed E-state index contributed by atoms with van der Waals surface area (Å²) in [6.07, 6.45) is 2.44. The third kappa shape index (κ3) is 3.27. The van der Waals surface area contributed by atoms with Gasteiger partial charge in [0.15, 0.2) is 11.5 Å². The summed E-state index contributed by atoms with van der Waals surface area (Å²) in [5, 5.41) is 30.0. The van der Waals surface area contributed by atoms with E-state index in [9.17, 15) is 24.9 Å². The second kappa shape index (κ2) is 6.78. The molecule has 0 bridgehead atoms. The maximum Gasteiger partial charge on any atom is 0.343 e. The Morgan fingerprint density at radius 1 is 1.21 bits per heavy atom. The predicted octanol–water partition coefficient (Wildman–Crippen LogP) is 3.58. The summed E-state index contributed by atoms with van der Waals surface area (Å²) in [5.41, 5.74) is -0.753. The van der Waals surface area contributed by atoms with Gasteiger partial charge in [-0.05, 0) is 24.6 Å². The molecule has 1 aliphatic carbocycles. The van der Waals surface area contributed by atoms with Crippen molar-refractivity contribution in [3.63, 3.8) is 0 Å². The van der Waals surface area contributed by atoms with Gasteiger partial charge in [0, 0.05) is 5.41 Å². The summed E-state index contributed by atoms with van der Waals surface area (Å²) < 4.78 is 5.06. The lowest BCUT2D eigenvalue weighted by Gasteiger charge is -2.35. The highest BCUT2D eigenvalue weighted by Gasteiger charge is 2.46. The number of benzene rings is 1. The summed E-state index contributed by atoms with van der Waals surface area (Å²) in [7, 11) is 0. The van der Waals surface area contributed by atoms with Gasteiger partial charge in [-0.1, -0.05) is 38.5 Å². The van der Waals surface area contributed by atoms with Crippen LogP contribution in [0.5, 0.6) is 0 Å². The first-order valence-electron chi connectivity index (χ1n) is 7.65. The van der Waals surface area contributed by atoms with Crippen LogP contribution < -0.4 is 0 Å². The van der Waals surface area contributed by atoms with Crippen LogP contribution in [0.2, 0.25) is 0 Å². The summed E-state index contributed by atoms with van der Waals surface area (Å²) >= 11 is 0. The van der Waals surface area contributed by atoms with Gasteiger partial charge in [0.1, 0.15) is 5.92 Å². The number of carbonyl (C=O) groups excluding carboxylic acids is 1. The van der Waals surface area contributed by atoms with Gasteiger partial charge in [-0.3, -0.25) is 4.79 Å². The molecular formula is C18H20O6. The van der Waals surface area contributed by atoms with Crippen LogP contribution in [0.3, 0.4) is 0 Å². The zero-order valence-electron chi connectivity index (χ0n) is 13.5. The zero-order chi connectivity index (χ0) is 17.9. The van der Waals surface area contributed by atoms with Crippen LogP contribution in [-0.4, -0.2) is 27.3 Å². The molecule has 0 aromatic heterocycles. The molecule has 0 radical (unpaired) electrons. The molecule has 0 amide bonds. The number of aliphatic carboxylic acids is 1. The fourth-order valence-electron chi connectivity index (χ4n) is 3.02. The summed E-state index contributed by atoms with van der Waals surface area (Å²) in [6.45, 7) is 3.51. The number of carboxylic acids is 1. The van der Waals surface area contributed by atoms with E-state index >= 15 is 0 Å². The van der Waals surface area contributed by atoms with Gasteiger partial charge in [0.25, 0.3) is 0 Å². The quantitative estimate of drug-likeness (QED) is 0.712. The van der Waals surface area contributed by atoms with Gasteiger partial charge in [-0.2, -0.15) is 0 Å². The molecule has 0 saturated heterocycles. The summed E-state index contributed by atoms with van der Waals surface area (Å²) in [5.74, 6) is -4.94. The third-order valence-corrected chi connectivity index (χ3v) is 4.10. The van der Waals surface area contributed by atoms with Crippen molar-refractivity contribution in [2.75, 3.05) is 0 Å². The maximum absolute atomic E-state index is 12.1. The molecule has 6 nitrogen and oxygen atoms in total. The molecule has 0 aliphatic heterocycles. The standard InChI is InChI=1S/C18H20O6/c1-3-9-18(2)10-12(19)15(14(20)13(18)16(21)22)24-17(23)11-7-5-4-6-8-11/h4-8,10,13,19-20H,3,9H2,1-2H3,(H,21,22). The van der Waals surface area contributed by atoms with Gasteiger partial charge in [0.2, 0.25) is 5.76 Å². The van der Waals surface area contributed by atoms with Crippen LogP contribution in [0.25, 0.3) is 0 Å². The van der Waals surface area contributed by atoms with Crippen LogP contribution in [0.1, 0.15) is 37.0 Å². The van der Waals surface area contributed by atoms with E-state index in [0.29, 0.717) is 12.8 Å². The molecule has 2 atom stereocenters. The minimum Gasteiger partial charge on any atom is -0.507 e. The highest BCUT2D eigenvalue weighted by Crippen LogP contribution is 2.44. The van der Waals surface area contributed by atoms with Gasteiger partial charge in [-0.15, -0.1) is 0 Å². The van der Waals surface area contributed by atoms with Crippen molar-refractivity contribution in [3.8, 4) is 0 Å². The Kier molecular flexibility index (Phi) is 4.97. The van der Waals surface area contributed by atoms with Crippen LogP contribution >= 0.6 is 0 Å². The van der Waals surface area contributed by atoms with E-state index in [1.807, 2.05) is 6.92 Å². The molecule has 0 saturated carbocycles. The lowest BCUT2D eigenvalue weighted by molar-refractivity contribution is -0.145. The number of carboxylic acid groups (broad SMARTS) is 1. The Morgan fingerprint density at radius 2 is 1.83 bits per heavy atom. The predicted molar refractivity (Wildman–Crippen MR) is 86.4 cm³/mol. The van der Waals surface area contributed by atoms with Crippen molar-refractivity contribution in [1.29, 1.82) is 0 Å². The molecule has 0 spiro atoms. The third-order valence-electron chi connectivity index (χ3n) is 4.10. The molecule has 0 fully saturated rings. The number of carbonyl (C=O) groups is 2. The van der Waals surface area contributed by atoms with E-state index in [1.54, 1.807) is 25.1 Å². The van der Waals surface area contributed by atoms with Gasteiger partial charge in [-0.25, -0.2) is 4.79 Å². The smallest absolute Gasteiger partial charge is 0.343 e. The Morgan fingerprint density at radius 3 is 2.38 bits per heavy atom. The Hall–Kier alpha value is -2.76. The monoisotopic (exact) mass is 332 g/mol. The Labute approximate surface area is 139 Å². The number of hydrogen-bond donors (Lipinski definition) is 3. The molecule has 24 heavy (non-hydrogen) atoms. The number of esters is 1. The second-order valence-electron chi connectivity index (χ2n) is 6.03. The molecule has 0 heterocycles. The number of aliphatic hydroxyl groups excluding tert-OH is 2. The Balaban J connectivity index is 2.39. The number of allylic oxidation sites excluding steroid dienone is 1. The van der Waals surface area contributed by atoms with Crippen molar-refractivity contribution in [2.24, 2.45) is 11.3 Å². The topological polar surface area (TPSA) is 104 Å². The molecule has 2 unspecified atom stereocenters. The van der Waals surface area contributed by atoms with Gasteiger partial charge in [0.05, 0.1) is 5.56 Å². The van der Waals surface area contributed by atoms with E-state index in [4.69, 9.17) is 4.74 Å². The van der Waals surface area contributed by atoms with Crippen LogP contribution in [0.15, 0.2) is 53.7 Å². The second-order valence-corrected chi connectivity index (χ2v) is 6.03. The summed E-state index contributed by atoms with van der Waals surface area (Å²) in [6, 6.07) is 8.03. The molecule has 1 aliphatic rings. The Bertz CT molecular complexity index is 703. The number of aliphatic hydroxyl groups is 2. The molecule has 128 valence electrons. The van der Waals surface area contributed by atoms with Crippen LogP contribution in [0, 0.1) is 11.3 Å². The fourth-order valence-corrected chi connectivity index (χ4v) is 3.02. The lowest BCUT2D eigenvalue weighted by atomic mass is 9.70. The van der Waals surface area contributed by atoms with E-state index in [2.05, 4.69) is 0 Å². The van der Waals surface area contributed by atoms with E-state index < -0.39 is 40.5 Å². The van der Waals surface area contributed by atoms with E-state index in [0.717, 1.165) is 0 Å². The molecular weight excluding hydrogens is 312 g/mol. The molecule has 3 N–H and O–H groups in total. The zero-order valence-corrected chi connectivity index (χ0v) is 13.5. The lowest BCUT2D eigenvalue weighted by Crippen LogP contribution is -2.37. The first-order valence-corrected chi connectivity index (χ1v) is 7.65. The SMILES string of the molecule is CCCC1(C)C=C(O)C(OC(=O)c2ccccc2)=C(O)C1C(=O)O. The average Bonchev–Trinajstić information content (AvgIpc) is 2.51. The highest BCUT2D eigenvalue weighted by atomic mass is 16.6. The van der Waals surface area contributed by atoms with Crippen molar-refractivity contribution in [2.45, 2.75) is 26.7 Å². The highest BCUT2D eigenvalue weighted by molar-refractivity contribution is 5.90. The fraction of sp³-hybridized carbons (Fsp3) is 0.333. The summed E-state index contributed by atoms with van der Waals surface area (Å²) in [4.78, 5) is 23.7. The molecule has 6 heteroatoms. The molecule has 1 aromatic carbocycles. The van der Waals surface area contributed by atoms with Crippen molar-refractivity contribution >= 4 is 11.9 Å². The first-order chi connectivity index (χ1) is 11.3. The number of ether oxygens (including phenoxy) is 1. The molecule has 2 rings (SSSR count). The number of hydrogen-bond acceptors (Lipinski definition) is 5. The normalized spacial score (nSPS) is 23.6. The molecule has 1 aromatic rings. The van der Waals surface area contributed by atoms with Crippen LogP contribution in [0.4, 0.5) is 0 Å². The maximum atomic E-state index is 12.1. The van der Waals surface area contributed by atoms with E-state index in [1.165, 1.54) is 18.2 Å². The van der Waals surface area contributed by atoms with Crippen LogP contribution in [-0.2, 0) is 9.53 Å². The van der Waals surface area contributed by atoms with Crippen molar-refractivity contribution in [1.82, 2.24) is 0 Å². The van der Waals surface area contributed by atoms with Gasteiger partial charge < -0.3 is 20.1 Å².